The van der Waals surface area contributed by atoms with E-state index in [0.717, 1.165) is 64.2 Å². The summed E-state index contributed by atoms with van der Waals surface area (Å²) < 4.78 is 16.7. The Morgan fingerprint density at radius 3 is 1.31 bits per heavy atom. The second-order valence-electron chi connectivity index (χ2n) is 21.4. The topological polar surface area (TPSA) is 175 Å². The molecule has 0 radical (unpaired) electrons. The van der Waals surface area contributed by atoms with Crippen LogP contribution < -0.4 is 5.32 Å². The van der Waals surface area contributed by atoms with Gasteiger partial charge in [0.05, 0.1) is 32.0 Å². The highest BCUT2D eigenvalue weighted by Gasteiger charge is 2.44. The molecule has 0 bridgehead atoms. The number of nitrogens with one attached hydrogen (secondary N) is 1. The van der Waals surface area contributed by atoms with Crippen molar-refractivity contribution in [3.8, 4) is 0 Å². The van der Waals surface area contributed by atoms with Crippen LogP contribution in [0.15, 0.2) is 12.2 Å². The number of rotatable bonds is 53. The Hall–Kier alpha value is -1.60. The van der Waals surface area contributed by atoms with Crippen LogP contribution in [0.1, 0.15) is 296 Å². The molecule has 1 aliphatic heterocycles. The zero-order valence-corrected chi connectivity index (χ0v) is 46.2. The number of allylic oxidation sites excluding steroid dienone is 1. The molecule has 71 heavy (non-hydrogen) atoms. The third-order valence-corrected chi connectivity index (χ3v) is 14.7. The molecule has 1 heterocycles. The van der Waals surface area contributed by atoms with Crippen molar-refractivity contribution in [1.82, 2.24) is 5.32 Å². The molecule has 420 valence electrons. The Morgan fingerprint density at radius 2 is 0.887 bits per heavy atom. The summed E-state index contributed by atoms with van der Waals surface area (Å²) in [7, 11) is 0. The molecule has 1 saturated heterocycles. The highest BCUT2D eigenvalue weighted by molar-refractivity contribution is 5.76. The van der Waals surface area contributed by atoms with Crippen LogP contribution in [0.25, 0.3) is 0 Å². The largest absolute Gasteiger partial charge is 0.466 e. The van der Waals surface area contributed by atoms with E-state index in [9.17, 15) is 35.1 Å². The minimum Gasteiger partial charge on any atom is -0.466 e. The van der Waals surface area contributed by atoms with Crippen LogP contribution in [0.2, 0.25) is 0 Å². The fourth-order valence-corrected chi connectivity index (χ4v) is 9.79. The Morgan fingerprint density at radius 1 is 0.507 bits per heavy atom. The summed E-state index contributed by atoms with van der Waals surface area (Å²) in [5.41, 5.74) is 0. The fraction of sp³-hybridized carbons (Fsp3) is 0.933. The van der Waals surface area contributed by atoms with Crippen molar-refractivity contribution < 1.29 is 49.3 Å². The van der Waals surface area contributed by atoms with Crippen molar-refractivity contribution >= 4 is 11.9 Å². The molecule has 0 aliphatic carbocycles. The van der Waals surface area contributed by atoms with Gasteiger partial charge < -0.3 is 45.1 Å². The van der Waals surface area contributed by atoms with E-state index in [0.29, 0.717) is 19.4 Å². The third-order valence-electron chi connectivity index (χ3n) is 14.7. The van der Waals surface area contributed by atoms with Gasteiger partial charge in [-0.05, 0) is 32.1 Å². The Kier molecular flexibility index (Phi) is 48.0. The van der Waals surface area contributed by atoms with Gasteiger partial charge in [-0.2, -0.15) is 0 Å². The number of unbranched alkanes of at least 4 members (excludes halogenated alkanes) is 39. The van der Waals surface area contributed by atoms with E-state index in [1.165, 1.54) is 205 Å². The Bertz CT molecular complexity index is 1190. The van der Waals surface area contributed by atoms with Crippen molar-refractivity contribution in [2.45, 2.75) is 339 Å². The quantitative estimate of drug-likeness (QED) is 0.0195. The van der Waals surface area contributed by atoms with Crippen LogP contribution >= 0.6 is 0 Å². The van der Waals surface area contributed by atoms with Gasteiger partial charge in [-0.3, -0.25) is 9.59 Å². The van der Waals surface area contributed by atoms with Gasteiger partial charge in [-0.1, -0.05) is 264 Å². The van der Waals surface area contributed by atoms with E-state index in [1.807, 2.05) is 6.08 Å². The molecular weight excluding hydrogens is 895 g/mol. The first-order valence-corrected chi connectivity index (χ1v) is 30.5. The standard InChI is InChI=1S/C60H115NO10/c1-3-5-7-9-11-13-15-16-20-23-27-30-34-38-42-46-53(63)52(51-70-60-59(68)58(67)57(66)54(50-62)71-60)61-55(64)47-43-39-35-31-28-24-21-18-17-19-22-25-29-33-37-41-45-49-69-56(65)48-44-40-36-32-26-14-12-10-8-6-4-2/h42,46,52-54,57-60,62-63,66-68H,3-41,43-45,47-51H2,1-2H3,(H,61,64)/b46-42+. The maximum atomic E-state index is 13.1. The number of ether oxygens (including phenoxy) is 3. The summed E-state index contributed by atoms with van der Waals surface area (Å²) in [5.74, 6) is -0.196. The highest BCUT2D eigenvalue weighted by Crippen LogP contribution is 2.23. The minimum absolute atomic E-state index is 0.0111. The number of carbonyl (C=O) groups is 2. The molecule has 1 aliphatic rings. The number of carbonyl (C=O) groups excluding carboxylic acids is 2. The lowest BCUT2D eigenvalue weighted by atomic mass is 9.99. The summed E-state index contributed by atoms with van der Waals surface area (Å²) in [6.07, 6.45) is 48.6. The van der Waals surface area contributed by atoms with Gasteiger partial charge in [0.1, 0.15) is 24.4 Å². The van der Waals surface area contributed by atoms with Gasteiger partial charge in [0.25, 0.3) is 0 Å². The fourth-order valence-electron chi connectivity index (χ4n) is 9.79. The predicted molar refractivity (Wildman–Crippen MR) is 292 cm³/mol. The molecule has 7 unspecified atom stereocenters. The Balaban J connectivity index is 2.12. The summed E-state index contributed by atoms with van der Waals surface area (Å²) in [5, 5.41) is 54.5. The first-order chi connectivity index (χ1) is 34.7. The van der Waals surface area contributed by atoms with Crippen LogP contribution in [-0.2, 0) is 23.8 Å². The molecular formula is C60H115NO10. The number of hydrogen-bond donors (Lipinski definition) is 6. The molecule has 1 fully saturated rings. The first kappa shape index (κ1) is 67.4. The molecule has 11 nitrogen and oxygen atoms in total. The molecule has 0 spiro atoms. The molecule has 7 atom stereocenters. The van der Waals surface area contributed by atoms with E-state index in [4.69, 9.17) is 14.2 Å². The average Bonchev–Trinajstić information content (AvgIpc) is 3.37. The van der Waals surface area contributed by atoms with Crippen LogP contribution in [0.4, 0.5) is 0 Å². The third kappa shape index (κ3) is 40.4. The summed E-state index contributed by atoms with van der Waals surface area (Å²) >= 11 is 0. The number of aliphatic hydroxyl groups excluding tert-OH is 5. The van der Waals surface area contributed by atoms with E-state index in [-0.39, 0.29) is 18.5 Å². The molecule has 0 saturated carbocycles. The monoisotopic (exact) mass is 1010 g/mol. The van der Waals surface area contributed by atoms with Gasteiger partial charge in [-0.15, -0.1) is 0 Å². The number of amides is 1. The molecule has 1 amide bonds. The predicted octanol–water partition coefficient (Wildman–Crippen LogP) is 14.0. The molecule has 0 aromatic rings. The average molecular weight is 1010 g/mol. The van der Waals surface area contributed by atoms with Crippen molar-refractivity contribution in [1.29, 1.82) is 0 Å². The van der Waals surface area contributed by atoms with E-state index in [1.54, 1.807) is 6.08 Å². The minimum atomic E-state index is -1.57. The number of esters is 1. The number of hydrogen-bond acceptors (Lipinski definition) is 10. The van der Waals surface area contributed by atoms with Crippen LogP contribution in [0.3, 0.4) is 0 Å². The van der Waals surface area contributed by atoms with E-state index < -0.39 is 49.5 Å². The van der Waals surface area contributed by atoms with Gasteiger partial charge >= 0.3 is 5.97 Å². The maximum Gasteiger partial charge on any atom is 0.305 e. The molecule has 0 aromatic heterocycles. The lowest BCUT2D eigenvalue weighted by Gasteiger charge is -2.40. The highest BCUT2D eigenvalue weighted by atomic mass is 16.7. The SMILES string of the molecule is CCCCCCCCCCCCCCC/C=C/C(O)C(COC1OC(CO)C(O)C(O)C1O)NC(=O)CCCCCCCCCCCCCCCCCCCOC(=O)CCCCCCCCCCCCC. The second kappa shape index (κ2) is 50.6. The van der Waals surface area contributed by atoms with Crippen LogP contribution in [0.5, 0.6) is 0 Å². The van der Waals surface area contributed by atoms with Crippen molar-refractivity contribution in [3.63, 3.8) is 0 Å². The molecule has 11 heteroatoms. The van der Waals surface area contributed by atoms with E-state index in [2.05, 4.69) is 19.2 Å². The zero-order chi connectivity index (χ0) is 51.7. The van der Waals surface area contributed by atoms with Gasteiger partial charge in [-0.25, -0.2) is 0 Å². The summed E-state index contributed by atoms with van der Waals surface area (Å²) in [4.78, 5) is 25.1. The van der Waals surface area contributed by atoms with Gasteiger partial charge in [0.15, 0.2) is 6.29 Å². The van der Waals surface area contributed by atoms with Crippen molar-refractivity contribution in [2.24, 2.45) is 0 Å². The van der Waals surface area contributed by atoms with Gasteiger partial charge in [0, 0.05) is 12.8 Å². The zero-order valence-electron chi connectivity index (χ0n) is 46.2. The smallest absolute Gasteiger partial charge is 0.305 e. The Labute approximate surface area is 436 Å². The van der Waals surface area contributed by atoms with Crippen molar-refractivity contribution in [3.05, 3.63) is 12.2 Å². The molecule has 6 N–H and O–H groups in total. The van der Waals surface area contributed by atoms with Crippen LogP contribution in [0, 0.1) is 0 Å². The second-order valence-corrected chi connectivity index (χ2v) is 21.4. The first-order valence-electron chi connectivity index (χ1n) is 30.5. The number of aliphatic hydroxyl groups is 5. The lowest BCUT2D eigenvalue weighted by Crippen LogP contribution is -2.60. The molecule has 1 rings (SSSR count). The van der Waals surface area contributed by atoms with Gasteiger partial charge in [0.2, 0.25) is 5.91 Å². The van der Waals surface area contributed by atoms with Crippen LogP contribution in [-0.4, -0.2) is 100 Å². The summed E-state index contributed by atoms with van der Waals surface area (Å²) in [6.45, 7) is 4.35. The molecule has 0 aromatic carbocycles. The lowest BCUT2D eigenvalue weighted by molar-refractivity contribution is -0.302. The summed E-state index contributed by atoms with van der Waals surface area (Å²) in [6, 6.07) is -0.813. The van der Waals surface area contributed by atoms with Crippen molar-refractivity contribution in [2.75, 3.05) is 19.8 Å². The normalized spacial score (nSPS) is 19.1. The maximum absolute atomic E-state index is 13.1. The van der Waals surface area contributed by atoms with E-state index >= 15 is 0 Å².